The molecule has 1 aromatic carbocycles. The number of amides is 1. The van der Waals surface area contributed by atoms with Crippen LogP contribution in [0.25, 0.3) is 0 Å². The Kier molecular flexibility index (Phi) is 6.76. The number of nitrogens with zero attached hydrogens (tertiary/aromatic N) is 1. The van der Waals surface area contributed by atoms with Gasteiger partial charge in [0.15, 0.2) is 0 Å². The number of ether oxygens (including phenoxy) is 1. The molecule has 0 bridgehead atoms. The number of halogens is 2. The maximum absolute atomic E-state index is 12.5. The van der Waals surface area contributed by atoms with Crippen LogP contribution < -0.4 is 10.6 Å². The Hall–Kier alpha value is -0.810. The molecule has 1 aromatic rings. The Morgan fingerprint density at radius 3 is 2.80 bits per heavy atom. The van der Waals surface area contributed by atoms with Crippen molar-refractivity contribution in [2.75, 3.05) is 18.0 Å². The van der Waals surface area contributed by atoms with Gasteiger partial charge in [0.05, 0.1) is 6.10 Å². The van der Waals surface area contributed by atoms with E-state index in [2.05, 4.69) is 0 Å². The number of benzene rings is 1. The van der Waals surface area contributed by atoms with Crippen LogP contribution in [0.3, 0.4) is 0 Å². The van der Waals surface area contributed by atoms with E-state index in [9.17, 15) is 4.79 Å². The van der Waals surface area contributed by atoms with Crippen molar-refractivity contribution < 1.29 is 9.53 Å². The van der Waals surface area contributed by atoms with Crippen LogP contribution in [-0.2, 0) is 9.53 Å². The summed E-state index contributed by atoms with van der Waals surface area (Å²) in [7, 11) is 0. The van der Waals surface area contributed by atoms with E-state index in [-0.39, 0.29) is 30.5 Å². The Morgan fingerprint density at radius 1 is 1.50 bits per heavy atom. The molecule has 1 heterocycles. The van der Waals surface area contributed by atoms with Gasteiger partial charge in [-0.2, -0.15) is 0 Å². The lowest BCUT2D eigenvalue weighted by Crippen LogP contribution is -2.39. The summed E-state index contributed by atoms with van der Waals surface area (Å²) in [5, 5.41) is 0.621. The van der Waals surface area contributed by atoms with E-state index in [0.29, 0.717) is 18.1 Å². The lowest BCUT2D eigenvalue weighted by molar-refractivity contribution is -0.129. The second-order valence-corrected chi connectivity index (χ2v) is 5.06. The molecule has 1 fully saturated rings. The quantitative estimate of drug-likeness (QED) is 0.928. The molecule has 0 radical (unpaired) electrons. The summed E-state index contributed by atoms with van der Waals surface area (Å²) in [4.78, 5) is 14.2. The monoisotopic (exact) mass is 318 g/mol. The van der Waals surface area contributed by atoms with E-state index in [1.807, 2.05) is 19.1 Å². The number of hydrogen-bond acceptors (Lipinski definition) is 3. The van der Waals surface area contributed by atoms with Crippen LogP contribution in [-0.4, -0.2) is 31.2 Å². The topological polar surface area (TPSA) is 55.6 Å². The maximum Gasteiger partial charge on any atom is 0.256 e. The number of hydrogen-bond donors (Lipinski definition) is 1. The summed E-state index contributed by atoms with van der Waals surface area (Å²) in [6.45, 7) is 2.99. The van der Waals surface area contributed by atoms with Crippen molar-refractivity contribution in [3.8, 4) is 0 Å². The highest BCUT2D eigenvalue weighted by molar-refractivity contribution is 6.30. The summed E-state index contributed by atoms with van der Waals surface area (Å²) < 4.78 is 5.66. The normalized spacial score (nSPS) is 21.4. The smallest absolute Gasteiger partial charge is 0.256 e. The van der Waals surface area contributed by atoms with Gasteiger partial charge in [-0.1, -0.05) is 17.7 Å². The van der Waals surface area contributed by atoms with Crippen LogP contribution in [0.5, 0.6) is 0 Å². The second kappa shape index (κ2) is 7.84. The molecule has 112 valence electrons. The van der Waals surface area contributed by atoms with E-state index in [4.69, 9.17) is 22.1 Å². The fraction of sp³-hybridized carbons (Fsp3) is 0.500. The van der Waals surface area contributed by atoms with Crippen molar-refractivity contribution in [3.05, 3.63) is 29.3 Å². The van der Waals surface area contributed by atoms with E-state index < -0.39 is 0 Å². The van der Waals surface area contributed by atoms with Crippen LogP contribution in [0.15, 0.2) is 24.3 Å². The minimum absolute atomic E-state index is 0. The molecule has 0 aliphatic carbocycles. The fourth-order valence-corrected chi connectivity index (χ4v) is 2.53. The van der Waals surface area contributed by atoms with Gasteiger partial charge in [0, 0.05) is 23.8 Å². The van der Waals surface area contributed by atoms with Crippen molar-refractivity contribution in [1.29, 1.82) is 0 Å². The van der Waals surface area contributed by atoms with Gasteiger partial charge < -0.3 is 15.4 Å². The van der Waals surface area contributed by atoms with Crippen LogP contribution in [0.2, 0.25) is 5.02 Å². The molecule has 1 saturated heterocycles. The van der Waals surface area contributed by atoms with Crippen molar-refractivity contribution in [2.24, 2.45) is 5.73 Å². The first-order valence-corrected chi connectivity index (χ1v) is 6.96. The SMILES string of the molecule is CCN(C(=O)[C@@H]1CC[C@H](CN)O1)c1cccc(Cl)c1.Cl. The summed E-state index contributed by atoms with van der Waals surface area (Å²) in [5.74, 6) is -0.0132. The van der Waals surface area contributed by atoms with Gasteiger partial charge in [-0.3, -0.25) is 4.79 Å². The number of anilines is 1. The largest absolute Gasteiger partial charge is 0.364 e. The van der Waals surface area contributed by atoms with E-state index >= 15 is 0 Å². The zero-order valence-electron chi connectivity index (χ0n) is 11.4. The molecule has 1 aliphatic rings. The molecule has 0 unspecified atom stereocenters. The lowest BCUT2D eigenvalue weighted by atomic mass is 10.1. The van der Waals surface area contributed by atoms with Gasteiger partial charge in [0.1, 0.15) is 6.10 Å². The molecule has 1 amide bonds. The van der Waals surface area contributed by atoms with Crippen molar-refractivity contribution in [3.63, 3.8) is 0 Å². The van der Waals surface area contributed by atoms with Gasteiger partial charge in [-0.25, -0.2) is 0 Å². The highest BCUT2D eigenvalue weighted by Gasteiger charge is 2.32. The molecule has 6 heteroatoms. The molecule has 4 nitrogen and oxygen atoms in total. The molecular formula is C14H20Cl2N2O2. The highest BCUT2D eigenvalue weighted by Crippen LogP contribution is 2.25. The molecule has 2 atom stereocenters. The predicted octanol–water partition coefficient (Wildman–Crippen LogP) is 2.62. The van der Waals surface area contributed by atoms with Crippen LogP contribution in [0.1, 0.15) is 19.8 Å². The fourth-order valence-electron chi connectivity index (χ4n) is 2.34. The molecular weight excluding hydrogens is 299 g/mol. The van der Waals surface area contributed by atoms with Crippen LogP contribution >= 0.6 is 24.0 Å². The van der Waals surface area contributed by atoms with Gasteiger partial charge in [-0.05, 0) is 38.0 Å². The Balaban J connectivity index is 0.00000200. The average Bonchev–Trinajstić information content (AvgIpc) is 2.88. The van der Waals surface area contributed by atoms with Crippen LogP contribution in [0, 0.1) is 0 Å². The Labute approximate surface area is 130 Å². The molecule has 0 aromatic heterocycles. The summed E-state index contributed by atoms with van der Waals surface area (Å²) in [6, 6.07) is 7.30. The first-order valence-electron chi connectivity index (χ1n) is 6.58. The van der Waals surface area contributed by atoms with Crippen molar-refractivity contribution in [2.45, 2.75) is 32.0 Å². The van der Waals surface area contributed by atoms with Gasteiger partial charge in [0.2, 0.25) is 0 Å². The van der Waals surface area contributed by atoms with Gasteiger partial charge in [-0.15, -0.1) is 12.4 Å². The molecule has 20 heavy (non-hydrogen) atoms. The summed E-state index contributed by atoms with van der Waals surface area (Å²) in [5.41, 5.74) is 6.37. The third-order valence-corrected chi connectivity index (χ3v) is 3.58. The number of rotatable bonds is 4. The molecule has 2 rings (SSSR count). The third-order valence-electron chi connectivity index (χ3n) is 3.35. The number of carbonyl (C=O) groups excluding carboxylic acids is 1. The number of likely N-dealkylation sites (N-methyl/N-ethyl adjacent to an activating group) is 1. The van der Waals surface area contributed by atoms with Gasteiger partial charge >= 0.3 is 0 Å². The zero-order chi connectivity index (χ0) is 13.8. The lowest BCUT2D eigenvalue weighted by Gasteiger charge is -2.24. The van der Waals surface area contributed by atoms with Crippen molar-refractivity contribution in [1.82, 2.24) is 0 Å². The third kappa shape index (κ3) is 3.85. The molecule has 1 aliphatic heterocycles. The first-order chi connectivity index (χ1) is 9.15. The summed E-state index contributed by atoms with van der Waals surface area (Å²) >= 11 is 5.97. The second-order valence-electron chi connectivity index (χ2n) is 4.62. The zero-order valence-corrected chi connectivity index (χ0v) is 13.0. The molecule has 0 spiro atoms. The average molecular weight is 319 g/mol. The minimum atomic E-state index is -0.382. The van der Waals surface area contributed by atoms with Gasteiger partial charge in [0.25, 0.3) is 5.91 Å². The standard InChI is InChI=1S/C14H19ClN2O2.ClH/c1-2-17(11-5-3-4-10(15)8-11)14(18)13-7-6-12(9-16)19-13;/h3-5,8,12-13H,2,6-7,9,16H2,1H3;1H/t12-,13+;/m1./s1. The first kappa shape index (κ1) is 17.2. The summed E-state index contributed by atoms with van der Waals surface area (Å²) in [6.07, 6.45) is 1.21. The van der Waals surface area contributed by atoms with Crippen molar-refractivity contribution >= 4 is 35.6 Å². The highest BCUT2D eigenvalue weighted by atomic mass is 35.5. The Morgan fingerprint density at radius 2 is 2.25 bits per heavy atom. The molecule has 0 saturated carbocycles. The van der Waals surface area contributed by atoms with E-state index in [1.165, 1.54) is 0 Å². The number of nitrogens with two attached hydrogens (primary N) is 1. The Bertz CT molecular complexity index is 457. The number of carbonyl (C=O) groups is 1. The molecule has 2 N–H and O–H groups in total. The maximum atomic E-state index is 12.5. The van der Waals surface area contributed by atoms with E-state index in [1.54, 1.807) is 17.0 Å². The predicted molar refractivity (Wildman–Crippen MR) is 83.7 cm³/mol. The van der Waals surface area contributed by atoms with E-state index in [0.717, 1.165) is 18.5 Å². The minimum Gasteiger partial charge on any atom is -0.364 e. The van der Waals surface area contributed by atoms with Crippen LogP contribution in [0.4, 0.5) is 5.69 Å².